The van der Waals surface area contributed by atoms with Gasteiger partial charge < -0.3 is 10.1 Å². The van der Waals surface area contributed by atoms with Gasteiger partial charge in [0, 0.05) is 11.8 Å². The summed E-state index contributed by atoms with van der Waals surface area (Å²) in [4.78, 5) is 21.9. The molecule has 0 spiro atoms. The van der Waals surface area contributed by atoms with Crippen molar-refractivity contribution in [3.05, 3.63) is 84.6 Å². The first-order valence-corrected chi connectivity index (χ1v) is 11.3. The van der Waals surface area contributed by atoms with Gasteiger partial charge in [0.25, 0.3) is 5.91 Å². The number of aromatic nitrogens is 2. The van der Waals surface area contributed by atoms with Gasteiger partial charge in [-0.3, -0.25) is 10.1 Å². The van der Waals surface area contributed by atoms with Gasteiger partial charge in [-0.2, -0.15) is 0 Å². The number of nitrogens with one attached hydrogen (secondary N) is 2. The second kappa shape index (κ2) is 8.93. The third-order valence-electron chi connectivity index (χ3n) is 5.09. The van der Waals surface area contributed by atoms with Crippen molar-refractivity contribution >= 4 is 61.4 Å². The first kappa shape index (κ1) is 21.0. The molecule has 0 fully saturated rings. The third kappa shape index (κ3) is 4.39. The van der Waals surface area contributed by atoms with Gasteiger partial charge in [0.1, 0.15) is 16.6 Å². The molecule has 0 aliphatic carbocycles. The van der Waals surface area contributed by atoms with Crippen molar-refractivity contribution in [2.24, 2.45) is 0 Å². The van der Waals surface area contributed by atoms with Gasteiger partial charge in [-0.15, -0.1) is 11.3 Å². The summed E-state index contributed by atoms with van der Waals surface area (Å²) in [5.74, 6) is 0.643. The van der Waals surface area contributed by atoms with Gasteiger partial charge in [0.2, 0.25) is 0 Å². The van der Waals surface area contributed by atoms with Gasteiger partial charge in [-0.25, -0.2) is 9.97 Å². The summed E-state index contributed by atoms with van der Waals surface area (Å²) in [6.07, 6.45) is 1.73. The van der Waals surface area contributed by atoms with Gasteiger partial charge in [0.05, 0.1) is 22.9 Å². The fraction of sp³-hybridized carbons (Fsp3) is 0.0400. The number of hydrogen-bond acceptors (Lipinski definition) is 6. The predicted octanol–water partition coefficient (Wildman–Crippen LogP) is 5.65. The molecule has 0 radical (unpaired) electrons. The molecule has 8 heteroatoms. The molecule has 33 heavy (non-hydrogen) atoms. The Labute approximate surface area is 199 Å². The van der Waals surface area contributed by atoms with Crippen LogP contribution < -0.4 is 15.4 Å². The van der Waals surface area contributed by atoms with E-state index in [0.717, 1.165) is 31.6 Å². The van der Waals surface area contributed by atoms with Crippen LogP contribution in [-0.4, -0.2) is 28.1 Å². The summed E-state index contributed by atoms with van der Waals surface area (Å²) in [5.41, 5.74) is 2.28. The van der Waals surface area contributed by atoms with Gasteiger partial charge in [-0.05, 0) is 59.4 Å². The van der Waals surface area contributed by atoms with Crippen molar-refractivity contribution in [3.8, 4) is 16.3 Å². The standard InChI is InChI=1S/C25H18N4O2S2/c1-31-20-13-16-7-3-2-6-15(16)12-18(20)23(30)29-25(32)28-22-11-10-17(14-26-22)24-27-19-8-4-5-9-21(19)33-24/h2-14H,1H3,(H2,26,28,29,30,32). The van der Waals surface area contributed by atoms with E-state index in [1.165, 1.54) is 7.11 Å². The Morgan fingerprint density at radius 3 is 2.48 bits per heavy atom. The average molecular weight is 471 g/mol. The number of thiocarbonyl (C=S) groups is 1. The topological polar surface area (TPSA) is 76.1 Å². The minimum absolute atomic E-state index is 0.149. The van der Waals surface area contributed by atoms with Crippen LogP contribution in [0.5, 0.6) is 5.75 Å². The van der Waals surface area contributed by atoms with Crippen LogP contribution in [0.1, 0.15) is 10.4 Å². The molecule has 6 nitrogen and oxygen atoms in total. The number of rotatable bonds is 4. The monoisotopic (exact) mass is 470 g/mol. The minimum atomic E-state index is -0.360. The van der Waals surface area contributed by atoms with Crippen molar-refractivity contribution in [3.63, 3.8) is 0 Å². The number of thiazole rings is 1. The molecule has 0 aliphatic rings. The van der Waals surface area contributed by atoms with E-state index in [0.29, 0.717) is 17.1 Å². The maximum Gasteiger partial charge on any atom is 0.261 e. The van der Waals surface area contributed by atoms with Crippen LogP contribution in [0.15, 0.2) is 79.0 Å². The number of nitrogens with zero attached hydrogens (tertiary/aromatic N) is 2. The smallest absolute Gasteiger partial charge is 0.261 e. The Morgan fingerprint density at radius 2 is 1.76 bits per heavy atom. The number of ether oxygens (including phenoxy) is 1. The van der Waals surface area contributed by atoms with E-state index in [9.17, 15) is 4.79 Å². The lowest BCUT2D eigenvalue weighted by Gasteiger charge is -2.12. The molecule has 162 valence electrons. The lowest BCUT2D eigenvalue weighted by Crippen LogP contribution is -2.34. The first-order chi connectivity index (χ1) is 16.1. The van der Waals surface area contributed by atoms with Crippen molar-refractivity contribution in [1.82, 2.24) is 15.3 Å². The fourth-order valence-electron chi connectivity index (χ4n) is 3.47. The summed E-state index contributed by atoms with van der Waals surface area (Å²) < 4.78 is 6.54. The molecule has 5 rings (SSSR count). The molecule has 0 bridgehead atoms. The summed E-state index contributed by atoms with van der Waals surface area (Å²) in [7, 11) is 1.54. The SMILES string of the molecule is COc1cc2ccccc2cc1C(=O)NC(=S)Nc1ccc(-c2nc3ccccc3s2)cn1. The quantitative estimate of drug-likeness (QED) is 0.331. The normalized spacial score (nSPS) is 10.8. The predicted molar refractivity (Wildman–Crippen MR) is 137 cm³/mol. The number of benzene rings is 3. The Bertz CT molecular complexity index is 1460. The molecule has 0 aliphatic heterocycles. The van der Waals surface area contributed by atoms with Crippen LogP contribution in [0, 0.1) is 0 Å². The number of methoxy groups -OCH3 is 1. The number of para-hydroxylation sites is 1. The van der Waals surface area contributed by atoms with Crippen molar-refractivity contribution in [1.29, 1.82) is 0 Å². The molecule has 0 saturated heterocycles. The lowest BCUT2D eigenvalue weighted by molar-refractivity contribution is 0.0975. The molecule has 3 aromatic carbocycles. The molecule has 2 N–H and O–H groups in total. The van der Waals surface area contributed by atoms with E-state index in [1.54, 1.807) is 29.7 Å². The maximum absolute atomic E-state index is 12.8. The van der Waals surface area contributed by atoms with E-state index in [2.05, 4.69) is 20.6 Å². The highest BCUT2D eigenvalue weighted by Gasteiger charge is 2.15. The number of anilines is 1. The molecule has 2 heterocycles. The Morgan fingerprint density at radius 1 is 1.00 bits per heavy atom. The van der Waals surface area contributed by atoms with Crippen molar-refractivity contribution in [2.45, 2.75) is 0 Å². The Balaban J connectivity index is 1.29. The van der Waals surface area contributed by atoms with Gasteiger partial charge >= 0.3 is 0 Å². The summed E-state index contributed by atoms with van der Waals surface area (Å²) in [5, 5.41) is 8.63. The summed E-state index contributed by atoms with van der Waals surface area (Å²) in [6, 6.07) is 23.1. The highest BCUT2D eigenvalue weighted by Crippen LogP contribution is 2.30. The number of fused-ring (bicyclic) bond motifs is 2. The van der Waals surface area contributed by atoms with E-state index in [4.69, 9.17) is 17.0 Å². The molecular weight excluding hydrogens is 452 g/mol. The van der Waals surface area contributed by atoms with Crippen LogP contribution in [0.2, 0.25) is 0 Å². The van der Waals surface area contributed by atoms with Crippen LogP contribution >= 0.6 is 23.6 Å². The Hall–Kier alpha value is -3.88. The second-order valence-electron chi connectivity index (χ2n) is 7.23. The first-order valence-electron chi connectivity index (χ1n) is 10.1. The molecular formula is C25H18N4O2S2. The van der Waals surface area contributed by atoms with Crippen LogP contribution in [-0.2, 0) is 0 Å². The van der Waals surface area contributed by atoms with E-state index >= 15 is 0 Å². The van der Waals surface area contributed by atoms with Crippen LogP contribution in [0.4, 0.5) is 5.82 Å². The number of hydrogen-bond donors (Lipinski definition) is 2. The summed E-state index contributed by atoms with van der Waals surface area (Å²) >= 11 is 6.94. The lowest BCUT2D eigenvalue weighted by atomic mass is 10.1. The fourth-order valence-corrected chi connectivity index (χ4v) is 4.63. The van der Waals surface area contributed by atoms with E-state index in [-0.39, 0.29) is 11.0 Å². The van der Waals surface area contributed by atoms with Crippen molar-refractivity contribution < 1.29 is 9.53 Å². The Kier molecular flexibility index (Phi) is 5.68. The number of carbonyl (C=O) groups excluding carboxylic acids is 1. The zero-order valence-electron chi connectivity index (χ0n) is 17.5. The van der Waals surface area contributed by atoms with Crippen molar-refractivity contribution in [2.75, 3.05) is 12.4 Å². The second-order valence-corrected chi connectivity index (χ2v) is 8.67. The average Bonchev–Trinajstić information content (AvgIpc) is 3.28. The van der Waals surface area contributed by atoms with Gasteiger partial charge in [-0.1, -0.05) is 36.4 Å². The van der Waals surface area contributed by atoms with Gasteiger partial charge in [0.15, 0.2) is 5.11 Å². The van der Waals surface area contributed by atoms with E-state index in [1.807, 2.05) is 60.7 Å². The highest BCUT2D eigenvalue weighted by molar-refractivity contribution is 7.80. The molecule has 1 amide bonds. The molecule has 0 unspecified atom stereocenters. The molecule has 5 aromatic rings. The zero-order valence-corrected chi connectivity index (χ0v) is 19.2. The number of carbonyl (C=O) groups is 1. The highest BCUT2D eigenvalue weighted by atomic mass is 32.1. The minimum Gasteiger partial charge on any atom is -0.496 e. The van der Waals surface area contributed by atoms with Crippen LogP contribution in [0.3, 0.4) is 0 Å². The maximum atomic E-state index is 12.8. The number of pyridine rings is 1. The molecule has 0 saturated carbocycles. The summed E-state index contributed by atoms with van der Waals surface area (Å²) in [6.45, 7) is 0. The van der Waals surface area contributed by atoms with Crippen LogP contribution in [0.25, 0.3) is 31.6 Å². The zero-order chi connectivity index (χ0) is 22.8. The molecule has 0 atom stereocenters. The third-order valence-corrected chi connectivity index (χ3v) is 6.38. The number of amides is 1. The van der Waals surface area contributed by atoms with E-state index < -0.39 is 0 Å². The largest absolute Gasteiger partial charge is 0.496 e. The molecule has 2 aromatic heterocycles.